The molecule has 4 rings (SSSR count). The highest BCUT2D eigenvalue weighted by Gasteiger charge is 2.18. The van der Waals surface area contributed by atoms with Crippen molar-refractivity contribution in [3.63, 3.8) is 0 Å². The molecule has 1 amide bonds. The SMILES string of the molecule is Cc1c(C)n(Cc2cccc(O[C@@H](C)C(=O)O)c2Cl)c2ccc(C(=O)NCCc3cccc(C(C)C)c3)cc12. The van der Waals surface area contributed by atoms with Crippen molar-refractivity contribution in [3.05, 3.63) is 99.2 Å². The number of carboxylic acids is 1. The van der Waals surface area contributed by atoms with E-state index in [4.69, 9.17) is 16.3 Å². The molecule has 7 heteroatoms. The lowest BCUT2D eigenvalue weighted by atomic mass is 10.00. The fourth-order valence-electron chi connectivity index (χ4n) is 4.71. The quantitative estimate of drug-likeness (QED) is 0.226. The zero-order valence-electron chi connectivity index (χ0n) is 23.0. The van der Waals surface area contributed by atoms with Crippen LogP contribution < -0.4 is 10.1 Å². The third kappa shape index (κ3) is 6.28. The number of carbonyl (C=O) groups is 2. The molecule has 0 aliphatic heterocycles. The molecule has 39 heavy (non-hydrogen) atoms. The molecule has 0 fully saturated rings. The van der Waals surface area contributed by atoms with Crippen molar-refractivity contribution in [1.29, 1.82) is 0 Å². The largest absolute Gasteiger partial charge is 0.479 e. The van der Waals surface area contributed by atoms with Crippen LogP contribution in [0.3, 0.4) is 0 Å². The van der Waals surface area contributed by atoms with Gasteiger partial charge >= 0.3 is 5.97 Å². The van der Waals surface area contributed by atoms with Crippen molar-refractivity contribution in [2.45, 2.75) is 59.6 Å². The maximum Gasteiger partial charge on any atom is 0.344 e. The van der Waals surface area contributed by atoms with Gasteiger partial charge in [-0.15, -0.1) is 0 Å². The summed E-state index contributed by atoms with van der Waals surface area (Å²) in [7, 11) is 0. The summed E-state index contributed by atoms with van der Waals surface area (Å²) in [6.07, 6.45) is -0.235. The zero-order chi connectivity index (χ0) is 28.3. The van der Waals surface area contributed by atoms with Gasteiger partial charge in [-0.05, 0) is 79.6 Å². The lowest BCUT2D eigenvalue weighted by Crippen LogP contribution is -2.25. The highest BCUT2D eigenvalue weighted by molar-refractivity contribution is 6.32. The Hall–Kier alpha value is -3.77. The Bertz CT molecular complexity index is 1520. The summed E-state index contributed by atoms with van der Waals surface area (Å²) in [4.78, 5) is 24.2. The summed E-state index contributed by atoms with van der Waals surface area (Å²) in [5.41, 5.74) is 7.10. The van der Waals surface area contributed by atoms with E-state index in [0.29, 0.717) is 35.3 Å². The summed E-state index contributed by atoms with van der Waals surface area (Å²) in [6, 6.07) is 19.7. The molecule has 3 aromatic carbocycles. The Labute approximate surface area is 234 Å². The van der Waals surface area contributed by atoms with Crippen LogP contribution >= 0.6 is 11.6 Å². The minimum atomic E-state index is -1.06. The molecule has 204 valence electrons. The van der Waals surface area contributed by atoms with Gasteiger partial charge < -0.3 is 19.7 Å². The number of hydrogen-bond donors (Lipinski definition) is 2. The van der Waals surface area contributed by atoms with Gasteiger partial charge in [-0.1, -0.05) is 61.8 Å². The molecule has 0 saturated carbocycles. The normalized spacial score (nSPS) is 12.1. The number of aliphatic carboxylic acids is 1. The van der Waals surface area contributed by atoms with E-state index in [2.05, 4.69) is 48.0 Å². The van der Waals surface area contributed by atoms with E-state index in [1.807, 2.05) is 38.1 Å². The molecule has 2 N–H and O–H groups in total. The first kappa shape index (κ1) is 28.2. The lowest BCUT2D eigenvalue weighted by Gasteiger charge is -2.15. The smallest absolute Gasteiger partial charge is 0.344 e. The zero-order valence-corrected chi connectivity index (χ0v) is 23.8. The number of nitrogens with one attached hydrogen (secondary N) is 1. The van der Waals surface area contributed by atoms with Crippen LogP contribution in [0.5, 0.6) is 5.75 Å². The predicted molar refractivity (Wildman–Crippen MR) is 156 cm³/mol. The molecule has 1 aromatic heterocycles. The standard InChI is InChI=1S/C32H35ClN2O4/c1-19(2)24-9-6-8-23(16-24)14-15-34-31(36)25-12-13-28-27(17-25)20(3)21(4)35(28)18-26-10-7-11-29(30(26)33)39-22(5)32(37)38/h6-13,16-17,19,22H,14-15,18H2,1-5H3,(H,34,36)(H,37,38)/t22-/m0/s1. The lowest BCUT2D eigenvalue weighted by molar-refractivity contribution is -0.144. The second kappa shape index (κ2) is 12.0. The number of rotatable bonds is 10. The van der Waals surface area contributed by atoms with Crippen LogP contribution in [0.15, 0.2) is 60.7 Å². The number of nitrogens with zero attached hydrogens (tertiary/aromatic N) is 1. The highest BCUT2D eigenvalue weighted by atomic mass is 35.5. The van der Waals surface area contributed by atoms with Crippen molar-refractivity contribution < 1.29 is 19.4 Å². The number of ether oxygens (including phenoxy) is 1. The first-order chi connectivity index (χ1) is 18.6. The van der Waals surface area contributed by atoms with Gasteiger partial charge in [-0.25, -0.2) is 4.79 Å². The fourth-order valence-corrected chi connectivity index (χ4v) is 4.94. The van der Waals surface area contributed by atoms with Crippen LogP contribution in [0, 0.1) is 13.8 Å². The molecule has 6 nitrogen and oxygen atoms in total. The van der Waals surface area contributed by atoms with E-state index in [9.17, 15) is 14.7 Å². The van der Waals surface area contributed by atoms with Crippen LogP contribution in [-0.2, 0) is 17.8 Å². The molecular weight excluding hydrogens is 512 g/mol. The average molecular weight is 547 g/mol. The van der Waals surface area contributed by atoms with Crippen molar-refractivity contribution in [1.82, 2.24) is 9.88 Å². The van der Waals surface area contributed by atoms with Crippen molar-refractivity contribution >= 4 is 34.4 Å². The summed E-state index contributed by atoms with van der Waals surface area (Å²) in [5, 5.41) is 13.6. The molecule has 0 unspecified atom stereocenters. The van der Waals surface area contributed by atoms with Crippen LogP contribution in [-0.4, -0.2) is 34.2 Å². The van der Waals surface area contributed by atoms with Crippen LogP contribution in [0.4, 0.5) is 0 Å². The molecule has 0 bridgehead atoms. The minimum Gasteiger partial charge on any atom is -0.479 e. The van der Waals surface area contributed by atoms with Gasteiger partial charge in [0, 0.05) is 35.2 Å². The van der Waals surface area contributed by atoms with E-state index in [1.165, 1.54) is 18.1 Å². The monoisotopic (exact) mass is 546 g/mol. The number of carbonyl (C=O) groups excluding carboxylic acids is 1. The molecule has 0 saturated heterocycles. The molecule has 0 radical (unpaired) electrons. The topological polar surface area (TPSA) is 80.6 Å². The first-order valence-corrected chi connectivity index (χ1v) is 13.6. The molecule has 0 spiro atoms. The van der Waals surface area contributed by atoms with Crippen LogP contribution in [0.2, 0.25) is 5.02 Å². The minimum absolute atomic E-state index is 0.0952. The van der Waals surface area contributed by atoms with Gasteiger partial charge in [-0.2, -0.15) is 0 Å². The average Bonchev–Trinajstić information content (AvgIpc) is 3.15. The number of fused-ring (bicyclic) bond motifs is 1. The van der Waals surface area contributed by atoms with E-state index < -0.39 is 12.1 Å². The van der Waals surface area contributed by atoms with Gasteiger partial charge in [-0.3, -0.25) is 4.79 Å². The van der Waals surface area contributed by atoms with Gasteiger partial charge in [0.15, 0.2) is 6.10 Å². The summed E-state index contributed by atoms with van der Waals surface area (Å²) < 4.78 is 7.69. The van der Waals surface area contributed by atoms with Crippen molar-refractivity contribution in [3.8, 4) is 5.75 Å². The number of carboxylic acid groups (broad SMARTS) is 1. The Kier molecular flexibility index (Phi) is 8.66. The number of hydrogen-bond acceptors (Lipinski definition) is 3. The molecule has 1 heterocycles. The maximum atomic E-state index is 13.0. The van der Waals surface area contributed by atoms with E-state index >= 15 is 0 Å². The van der Waals surface area contributed by atoms with Crippen molar-refractivity contribution in [2.24, 2.45) is 0 Å². The summed E-state index contributed by atoms with van der Waals surface area (Å²) in [6.45, 7) is 11.0. The third-order valence-corrected chi connectivity index (χ3v) is 7.67. The van der Waals surface area contributed by atoms with Crippen LogP contribution in [0.25, 0.3) is 10.9 Å². The second-order valence-corrected chi connectivity index (χ2v) is 10.6. The summed E-state index contributed by atoms with van der Waals surface area (Å²) >= 11 is 6.62. The van der Waals surface area contributed by atoms with Gasteiger partial charge in [0.1, 0.15) is 5.75 Å². The van der Waals surface area contributed by atoms with Crippen molar-refractivity contribution in [2.75, 3.05) is 6.54 Å². The molecular formula is C32H35ClN2O4. The number of halogens is 1. The Balaban J connectivity index is 1.51. The summed E-state index contributed by atoms with van der Waals surface area (Å²) in [5.74, 6) is -0.342. The Morgan fingerprint density at radius 2 is 1.77 bits per heavy atom. The van der Waals surface area contributed by atoms with E-state index in [0.717, 1.165) is 34.1 Å². The highest BCUT2D eigenvalue weighted by Crippen LogP contribution is 2.32. The van der Waals surface area contributed by atoms with Gasteiger partial charge in [0.2, 0.25) is 0 Å². The Morgan fingerprint density at radius 3 is 2.49 bits per heavy atom. The second-order valence-electron chi connectivity index (χ2n) is 10.3. The maximum absolute atomic E-state index is 13.0. The predicted octanol–water partition coefficient (Wildman–Crippen LogP) is 6.91. The van der Waals surface area contributed by atoms with E-state index in [-0.39, 0.29) is 5.91 Å². The van der Waals surface area contributed by atoms with Gasteiger partial charge in [0.05, 0.1) is 5.02 Å². The van der Waals surface area contributed by atoms with E-state index in [1.54, 1.807) is 12.1 Å². The molecule has 0 aliphatic rings. The molecule has 0 aliphatic carbocycles. The number of amides is 1. The molecule has 1 atom stereocenters. The fraction of sp³-hybridized carbons (Fsp3) is 0.312. The number of benzene rings is 3. The first-order valence-electron chi connectivity index (χ1n) is 13.2. The Morgan fingerprint density at radius 1 is 1.03 bits per heavy atom. The number of aromatic nitrogens is 1. The van der Waals surface area contributed by atoms with Gasteiger partial charge in [0.25, 0.3) is 5.91 Å². The third-order valence-electron chi connectivity index (χ3n) is 7.24. The molecule has 4 aromatic rings. The van der Waals surface area contributed by atoms with Crippen LogP contribution in [0.1, 0.15) is 65.0 Å². The number of aryl methyl sites for hydroxylation is 1.